The Balaban J connectivity index is 1.89. The minimum Gasteiger partial charge on any atom is -0.453 e. The first kappa shape index (κ1) is 18.0. The van der Waals surface area contributed by atoms with Crippen LogP contribution in [-0.4, -0.2) is 34.8 Å². The number of piperidine rings is 1. The molecule has 0 saturated carbocycles. The minimum atomic E-state index is -4.54. The van der Waals surface area contributed by atoms with E-state index in [0.717, 1.165) is 12.3 Å². The molecule has 2 aromatic rings. The van der Waals surface area contributed by atoms with Gasteiger partial charge in [-0.15, -0.1) is 0 Å². The maximum absolute atomic E-state index is 12.7. The fourth-order valence-electron chi connectivity index (χ4n) is 3.14. The predicted octanol–water partition coefficient (Wildman–Crippen LogP) is 3.07. The second-order valence-corrected chi connectivity index (χ2v) is 5.99. The highest BCUT2D eigenvalue weighted by atomic mass is 19.4. The van der Waals surface area contributed by atoms with Crippen molar-refractivity contribution < 1.29 is 27.2 Å². The van der Waals surface area contributed by atoms with Crippen molar-refractivity contribution in [2.75, 3.05) is 13.7 Å². The first-order valence-electron chi connectivity index (χ1n) is 7.85. The van der Waals surface area contributed by atoms with Crippen LogP contribution in [0, 0.1) is 0 Å². The van der Waals surface area contributed by atoms with E-state index in [4.69, 9.17) is 9.26 Å². The van der Waals surface area contributed by atoms with Crippen LogP contribution in [0.3, 0.4) is 0 Å². The van der Waals surface area contributed by atoms with Crippen molar-refractivity contribution in [1.82, 2.24) is 15.0 Å². The van der Waals surface area contributed by atoms with Gasteiger partial charge in [-0.1, -0.05) is 6.07 Å². The normalized spacial score (nSPS) is 20.8. The molecule has 1 aliphatic rings. The van der Waals surface area contributed by atoms with Gasteiger partial charge in [0.15, 0.2) is 0 Å². The van der Waals surface area contributed by atoms with E-state index in [2.05, 4.69) is 10.1 Å². The van der Waals surface area contributed by atoms with Crippen LogP contribution < -0.4 is 5.56 Å². The summed E-state index contributed by atoms with van der Waals surface area (Å²) < 4.78 is 48.1. The molecular formula is C16H16F3N3O4. The summed E-state index contributed by atoms with van der Waals surface area (Å²) >= 11 is 0. The summed E-state index contributed by atoms with van der Waals surface area (Å²) in [5.74, 6) is 0.284. The molecule has 26 heavy (non-hydrogen) atoms. The molecule has 1 saturated heterocycles. The van der Waals surface area contributed by atoms with Crippen molar-refractivity contribution in [2.24, 2.45) is 0 Å². The Labute approximate surface area is 145 Å². The summed E-state index contributed by atoms with van der Waals surface area (Å²) in [6.45, 7) is 0.303. The summed E-state index contributed by atoms with van der Waals surface area (Å²) in [4.78, 5) is 28.2. The lowest BCUT2D eigenvalue weighted by molar-refractivity contribution is -0.141. The van der Waals surface area contributed by atoms with Crippen molar-refractivity contribution >= 4 is 6.09 Å². The van der Waals surface area contributed by atoms with Crippen molar-refractivity contribution in [1.29, 1.82) is 0 Å². The van der Waals surface area contributed by atoms with Crippen molar-refractivity contribution in [3.05, 3.63) is 51.8 Å². The van der Waals surface area contributed by atoms with Crippen LogP contribution in [0.15, 0.2) is 33.7 Å². The molecule has 1 N–H and O–H groups in total. The van der Waals surface area contributed by atoms with Gasteiger partial charge in [-0.05, 0) is 24.5 Å². The summed E-state index contributed by atoms with van der Waals surface area (Å²) in [5, 5.41) is 2.22. The van der Waals surface area contributed by atoms with Gasteiger partial charge in [0.05, 0.1) is 13.2 Å². The number of likely N-dealkylation sites (tertiary alicyclic amines) is 1. The van der Waals surface area contributed by atoms with E-state index in [-0.39, 0.29) is 11.5 Å². The van der Waals surface area contributed by atoms with Crippen LogP contribution in [0.4, 0.5) is 18.0 Å². The molecule has 0 spiro atoms. The van der Waals surface area contributed by atoms with E-state index >= 15 is 0 Å². The van der Waals surface area contributed by atoms with Crippen LogP contribution in [-0.2, 0) is 10.9 Å². The number of amides is 1. The molecule has 0 aliphatic carbocycles. The molecule has 1 aliphatic heterocycles. The second kappa shape index (κ2) is 6.85. The fraction of sp³-hybridized carbons (Fsp3) is 0.438. The van der Waals surface area contributed by atoms with Gasteiger partial charge in [-0.3, -0.25) is 9.78 Å². The number of ether oxygens (including phenoxy) is 1. The van der Waals surface area contributed by atoms with Crippen LogP contribution in [0.2, 0.25) is 0 Å². The highest BCUT2D eigenvalue weighted by Crippen LogP contribution is 2.39. The molecule has 0 aromatic carbocycles. The van der Waals surface area contributed by atoms with Crippen LogP contribution in [0.25, 0.3) is 0 Å². The number of alkyl halides is 3. The van der Waals surface area contributed by atoms with E-state index in [1.54, 1.807) is 0 Å². The first-order chi connectivity index (χ1) is 12.3. The molecule has 2 aromatic heterocycles. The largest absolute Gasteiger partial charge is 0.453 e. The molecule has 10 heteroatoms. The first-order valence-corrected chi connectivity index (χ1v) is 7.85. The van der Waals surface area contributed by atoms with Crippen molar-refractivity contribution in [2.45, 2.75) is 31.0 Å². The molecule has 140 valence electrons. The molecule has 7 nitrogen and oxygen atoms in total. The standard InChI is InChI=1S/C16H16F3N3O4/c1-25-15(24)22-5-4-9(12-7-14(23)21-26-12)6-11(22)10-2-3-13(20-8-10)16(17,18)19/h2-3,7-9,11H,4-6H2,1H3,(H,21,23). The third kappa shape index (κ3) is 3.58. The van der Waals surface area contributed by atoms with Gasteiger partial charge in [-0.2, -0.15) is 18.3 Å². The lowest BCUT2D eigenvalue weighted by Crippen LogP contribution is -2.40. The highest BCUT2D eigenvalue weighted by Gasteiger charge is 2.37. The van der Waals surface area contributed by atoms with Gasteiger partial charge >= 0.3 is 12.3 Å². The topological polar surface area (TPSA) is 88.4 Å². The van der Waals surface area contributed by atoms with Gasteiger partial charge in [-0.25, -0.2) is 4.79 Å². The SMILES string of the molecule is COC(=O)N1CCC(c2cc(=O)[nH]o2)CC1c1ccc(C(F)(F)F)nc1. The van der Waals surface area contributed by atoms with Crippen LogP contribution in [0.1, 0.15) is 41.8 Å². The Morgan fingerprint density at radius 1 is 1.42 bits per heavy atom. The number of aromatic amines is 1. The summed E-state index contributed by atoms with van der Waals surface area (Å²) in [5.41, 5.74) is -0.927. The molecule has 0 radical (unpaired) electrons. The number of hydrogen-bond donors (Lipinski definition) is 1. The molecule has 3 rings (SSSR count). The lowest BCUT2D eigenvalue weighted by atomic mass is 9.86. The third-order valence-corrected chi connectivity index (χ3v) is 4.42. The van der Waals surface area contributed by atoms with Crippen LogP contribution in [0.5, 0.6) is 0 Å². The Morgan fingerprint density at radius 2 is 2.19 bits per heavy atom. The fourth-order valence-corrected chi connectivity index (χ4v) is 3.14. The van der Waals surface area contributed by atoms with E-state index in [1.807, 2.05) is 0 Å². The van der Waals surface area contributed by atoms with Gasteiger partial charge in [0.1, 0.15) is 11.5 Å². The average molecular weight is 371 g/mol. The van der Waals surface area contributed by atoms with Gasteiger partial charge in [0.2, 0.25) is 0 Å². The zero-order valence-corrected chi connectivity index (χ0v) is 13.7. The van der Waals surface area contributed by atoms with E-state index < -0.39 is 24.0 Å². The molecule has 2 unspecified atom stereocenters. The number of nitrogens with one attached hydrogen (secondary N) is 1. The van der Waals surface area contributed by atoms with E-state index in [0.29, 0.717) is 30.7 Å². The average Bonchev–Trinajstić information content (AvgIpc) is 3.06. The monoisotopic (exact) mass is 371 g/mol. The maximum Gasteiger partial charge on any atom is 0.433 e. The number of methoxy groups -OCH3 is 1. The maximum atomic E-state index is 12.7. The molecule has 2 atom stereocenters. The number of H-pyrrole nitrogens is 1. The smallest absolute Gasteiger partial charge is 0.433 e. The number of aromatic nitrogens is 2. The quantitative estimate of drug-likeness (QED) is 0.877. The number of carbonyl (C=O) groups is 1. The number of carbonyl (C=O) groups excluding carboxylic acids is 1. The number of halogens is 3. The summed E-state index contributed by atoms with van der Waals surface area (Å²) in [6.07, 6.45) is -3.11. The second-order valence-electron chi connectivity index (χ2n) is 5.99. The zero-order chi connectivity index (χ0) is 18.9. The Hall–Kier alpha value is -2.78. The van der Waals surface area contributed by atoms with Gasteiger partial charge < -0.3 is 14.2 Å². The summed E-state index contributed by atoms with van der Waals surface area (Å²) in [6, 6.07) is 2.97. The Morgan fingerprint density at radius 3 is 2.73 bits per heavy atom. The number of hydrogen-bond acceptors (Lipinski definition) is 5. The van der Waals surface area contributed by atoms with Crippen LogP contribution >= 0.6 is 0 Å². The van der Waals surface area contributed by atoms with Crippen molar-refractivity contribution in [3.63, 3.8) is 0 Å². The van der Waals surface area contributed by atoms with Gasteiger partial charge in [0, 0.05) is 24.7 Å². The molecule has 1 fully saturated rings. The highest BCUT2D eigenvalue weighted by molar-refractivity contribution is 5.68. The lowest BCUT2D eigenvalue weighted by Gasteiger charge is -2.37. The molecule has 1 amide bonds. The minimum absolute atomic E-state index is 0.165. The van der Waals surface area contributed by atoms with Crippen molar-refractivity contribution in [3.8, 4) is 0 Å². The molecular weight excluding hydrogens is 355 g/mol. The molecule has 0 bridgehead atoms. The zero-order valence-electron chi connectivity index (χ0n) is 13.7. The molecule has 3 heterocycles. The third-order valence-electron chi connectivity index (χ3n) is 4.42. The number of pyridine rings is 1. The number of nitrogens with zero attached hydrogens (tertiary/aromatic N) is 2. The van der Waals surface area contributed by atoms with E-state index in [1.165, 1.54) is 24.1 Å². The Bertz CT molecular complexity index is 828. The predicted molar refractivity (Wildman–Crippen MR) is 82.4 cm³/mol. The van der Waals surface area contributed by atoms with Gasteiger partial charge in [0.25, 0.3) is 5.56 Å². The Kier molecular flexibility index (Phi) is 4.75. The number of rotatable bonds is 2. The summed E-state index contributed by atoms with van der Waals surface area (Å²) in [7, 11) is 1.24. The van der Waals surface area contributed by atoms with E-state index in [9.17, 15) is 22.8 Å².